The van der Waals surface area contributed by atoms with E-state index < -0.39 is 5.41 Å². The fraction of sp³-hybridized carbons (Fsp3) is 0.562. The van der Waals surface area contributed by atoms with Crippen LogP contribution >= 0.6 is 12.2 Å². The van der Waals surface area contributed by atoms with Crippen LogP contribution in [0.15, 0.2) is 24.5 Å². The molecule has 0 radical (unpaired) electrons. The van der Waals surface area contributed by atoms with Gasteiger partial charge in [-0.1, -0.05) is 37.9 Å². The lowest BCUT2D eigenvalue weighted by Gasteiger charge is -2.31. The molecule has 0 spiro atoms. The standard InChI is InChI=1S/C16H23N3OS/c1-12(13-6-10-18-11-7-13)19-15(20)16(14(17)21)8-4-2-3-5-9-16/h6-7,10-12H,2-5,8-9H2,1H3,(H2,17,21)(H,19,20). The Morgan fingerprint density at radius 1 is 1.29 bits per heavy atom. The van der Waals surface area contributed by atoms with Crippen LogP contribution in [0.1, 0.15) is 57.1 Å². The molecule has 1 aromatic rings. The Morgan fingerprint density at radius 3 is 2.38 bits per heavy atom. The number of rotatable bonds is 4. The van der Waals surface area contributed by atoms with E-state index in [1.54, 1.807) is 12.4 Å². The van der Waals surface area contributed by atoms with Crippen molar-refractivity contribution in [2.75, 3.05) is 0 Å². The summed E-state index contributed by atoms with van der Waals surface area (Å²) in [5.74, 6) is -0.0267. The summed E-state index contributed by atoms with van der Waals surface area (Å²) in [6.45, 7) is 1.97. The Hall–Kier alpha value is -1.49. The first-order chi connectivity index (χ1) is 10.1. The molecular formula is C16H23N3OS. The van der Waals surface area contributed by atoms with Crippen molar-refractivity contribution in [3.8, 4) is 0 Å². The number of amides is 1. The maximum Gasteiger partial charge on any atom is 0.233 e. The Labute approximate surface area is 131 Å². The third-order valence-electron chi connectivity index (χ3n) is 4.42. The molecule has 1 saturated carbocycles. The number of aromatic nitrogens is 1. The molecule has 5 heteroatoms. The first-order valence-electron chi connectivity index (χ1n) is 7.57. The van der Waals surface area contributed by atoms with E-state index in [2.05, 4.69) is 10.3 Å². The molecule has 0 aliphatic heterocycles. The zero-order valence-electron chi connectivity index (χ0n) is 12.5. The van der Waals surface area contributed by atoms with E-state index in [1.165, 1.54) is 0 Å². The molecule has 0 saturated heterocycles. The number of carbonyl (C=O) groups is 1. The SMILES string of the molecule is CC(NC(=O)C1(C(N)=S)CCCCCC1)c1ccncc1. The fourth-order valence-corrected chi connectivity index (χ4v) is 3.28. The summed E-state index contributed by atoms with van der Waals surface area (Å²) in [5.41, 5.74) is 6.31. The lowest BCUT2D eigenvalue weighted by molar-refractivity contribution is -0.128. The highest BCUT2D eigenvalue weighted by Crippen LogP contribution is 2.36. The molecule has 1 heterocycles. The molecule has 1 amide bonds. The molecule has 1 aliphatic rings. The topological polar surface area (TPSA) is 68.0 Å². The van der Waals surface area contributed by atoms with Crippen molar-refractivity contribution in [1.82, 2.24) is 10.3 Å². The molecule has 1 aliphatic carbocycles. The minimum absolute atomic E-state index is 0.0267. The van der Waals surface area contributed by atoms with E-state index in [9.17, 15) is 4.79 Å². The number of pyridine rings is 1. The van der Waals surface area contributed by atoms with Gasteiger partial charge in [0.15, 0.2) is 0 Å². The highest BCUT2D eigenvalue weighted by atomic mass is 32.1. The third kappa shape index (κ3) is 3.59. The van der Waals surface area contributed by atoms with Gasteiger partial charge in [-0.05, 0) is 37.5 Å². The van der Waals surface area contributed by atoms with Gasteiger partial charge in [-0.25, -0.2) is 0 Å². The number of nitrogens with two attached hydrogens (primary N) is 1. The summed E-state index contributed by atoms with van der Waals surface area (Å²) in [7, 11) is 0. The van der Waals surface area contributed by atoms with Gasteiger partial charge in [0.1, 0.15) is 0 Å². The highest BCUT2D eigenvalue weighted by molar-refractivity contribution is 7.80. The minimum atomic E-state index is -0.673. The van der Waals surface area contributed by atoms with Crippen LogP contribution in [0.3, 0.4) is 0 Å². The number of nitrogens with zero attached hydrogens (tertiary/aromatic N) is 1. The fourth-order valence-electron chi connectivity index (χ4n) is 2.99. The van der Waals surface area contributed by atoms with E-state index in [0.717, 1.165) is 44.1 Å². The average molecular weight is 305 g/mol. The predicted octanol–water partition coefficient (Wildman–Crippen LogP) is 2.89. The molecule has 0 bridgehead atoms. The van der Waals surface area contributed by atoms with Crippen LogP contribution in [0.25, 0.3) is 0 Å². The first kappa shape index (κ1) is 15.9. The zero-order valence-corrected chi connectivity index (χ0v) is 13.3. The quantitative estimate of drug-likeness (QED) is 0.663. The number of nitrogens with one attached hydrogen (secondary N) is 1. The molecule has 21 heavy (non-hydrogen) atoms. The maximum absolute atomic E-state index is 12.8. The van der Waals surface area contributed by atoms with E-state index in [-0.39, 0.29) is 11.9 Å². The van der Waals surface area contributed by atoms with Crippen molar-refractivity contribution in [3.63, 3.8) is 0 Å². The van der Waals surface area contributed by atoms with Crippen molar-refractivity contribution < 1.29 is 4.79 Å². The molecule has 1 atom stereocenters. The Balaban J connectivity index is 2.14. The summed E-state index contributed by atoms with van der Waals surface area (Å²) < 4.78 is 0. The van der Waals surface area contributed by atoms with Crippen molar-refractivity contribution in [1.29, 1.82) is 0 Å². The molecular weight excluding hydrogens is 282 g/mol. The van der Waals surface area contributed by atoms with Crippen molar-refractivity contribution in [2.24, 2.45) is 11.1 Å². The van der Waals surface area contributed by atoms with Crippen molar-refractivity contribution in [3.05, 3.63) is 30.1 Å². The molecule has 2 rings (SSSR count). The van der Waals surface area contributed by atoms with E-state index in [1.807, 2.05) is 19.1 Å². The summed E-state index contributed by atoms with van der Waals surface area (Å²) in [6, 6.07) is 3.74. The van der Waals surface area contributed by atoms with E-state index in [0.29, 0.717) is 4.99 Å². The van der Waals surface area contributed by atoms with Gasteiger partial charge in [-0.2, -0.15) is 0 Å². The van der Waals surface area contributed by atoms with Crippen LogP contribution in [-0.4, -0.2) is 15.9 Å². The summed E-state index contributed by atoms with van der Waals surface area (Å²) in [6.07, 6.45) is 9.30. The maximum atomic E-state index is 12.8. The second kappa shape index (κ2) is 6.98. The molecule has 1 aromatic heterocycles. The van der Waals surface area contributed by atoms with Gasteiger partial charge in [0, 0.05) is 12.4 Å². The van der Waals surface area contributed by atoms with Crippen LogP contribution in [0.2, 0.25) is 0 Å². The predicted molar refractivity (Wildman–Crippen MR) is 87.7 cm³/mol. The van der Waals surface area contributed by atoms with Crippen molar-refractivity contribution in [2.45, 2.75) is 51.5 Å². The van der Waals surface area contributed by atoms with Crippen LogP contribution in [-0.2, 0) is 4.79 Å². The van der Waals surface area contributed by atoms with Crippen LogP contribution in [0, 0.1) is 5.41 Å². The second-order valence-electron chi connectivity index (χ2n) is 5.84. The van der Waals surface area contributed by atoms with Gasteiger partial charge in [0.2, 0.25) is 5.91 Å². The van der Waals surface area contributed by atoms with E-state index >= 15 is 0 Å². The van der Waals surface area contributed by atoms with Gasteiger partial charge in [0.25, 0.3) is 0 Å². The second-order valence-corrected chi connectivity index (χ2v) is 6.28. The molecule has 114 valence electrons. The summed E-state index contributed by atoms with van der Waals surface area (Å²) in [4.78, 5) is 17.1. The number of carbonyl (C=O) groups excluding carboxylic acids is 1. The minimum Gasteiger partial charge on any atom is -0.392 e. The van der Waals surface area contributed by atoms with Gasteiger partial charge >= 0.3 is 0 Å². The van der Waals surface area contributed by atoms with Gasteiger partial charge in [-0.3, -0.25) is 9.78 Å². The summed E-state index contributed by atoms with van der Waals surface area (Å²) >= 11 is 5.24. The van der Waals surface area contributed by atoms with Crippen LogP contribution < -0.4 is 11.1 Å². The average Bonchev–Trinajstić information content (AvgIpc) is 2.75. The number of thiocarbonyl (C=S) groups is 1. The number of hydrogen-bond acceptors (Lipinski definition) is 3. The Kier molecular flexibility index (Phi) is 5.28. The number of hydrogen-bond donors (Lipinski definition) is 2. The Bertz CT molecular complexity index is 496. The Morgan fingerprint density at radius 2 is 1.86 bits per heavy atom. The molecule has 1 unspecified atom stereocenters. The lowest BCUT2D eigenvalue weighted by atomic mass is 9.79. The normalized spacial score (nSPS) is 19.3. The largest absolute Gasteiger partial charge is 0.392 e. The third-order valence-corrected chi connectivity index (χ3v) is 4.81. The smallest absolute Gasteiger partial charge is 0.233 e. The van der Waals surface area contributed by atoms with Gasteiger partial charge in [0.05, 0.1) is 16.4 Å². The molecule has 1 fully saturated rings. The van der Waals surface area contributed by atoms with Crippen molar-refractivity contribution >= 4 is 23.1 Å². The van der Waals surface area contributed by atoms with E-state index in [4.69, 9.17) is 18.0 Å². The zero-order chi connectivity index (χ0) is 15.3. The monoisotopic (exact) mass is 305 g/mol. The lowest BCUT2D eigenvalue weighted by Crippen LogP contribution is -2.49. The van der Waals surface area contributed by atoms with Gasteiger partial charge < -0.3 is 11.1 Å². The first-order valence-corrected chi connectivity index (χ1v) is 7.98. The van der Waals surface area contributed by atoms with Crippen LogP contribution in [0.4, 0.5) is 0 Å². The highest BCUT2D eigenvalue weighted by Gasteiger charge is 2.41. The molecule has 0 aromatic carbocycles. The summed E-state index contributed by atoms with van der Waals surface area (Å²) in [5, 5.41) is 3.08. The molecule has 3 N–H and O–H groups in total. The molecule has 4 nitrogen and oxygen atoms in total. The van der Waals surface area contributed by atoms with Crippen LogP contribution in [0.5, 0.6) is 0 Å². The van der Waals surface area contributed by atoms with Gasteiger partial charge in [-0.15, -0.1) is 0 Å².